The van der Waals surface area contributed by atoms with Gasteiger partial charge in [-0.15, -0.1) is 11.8 Å². The summed E-state index contributed by atoms with van der Waals surface area (Å²) in [6, 6.07) is 11.7. The van der Waals surface area contributed by atoms with Gasteiger partial charge in [0, 0.05) is 17.2 Å². The number of nitrogens with two attached hydrogens (primary N) is 1. The summed E-state index contributed by atoms with van der Waals surface area (Å²) >= 11 is 1.54. The van der Waals surface area contributed by atoms with Gasteiger partial charge in [-0.2, -0.15) is 0 Å². The molecule has 3 N–H and O–H groups in total. The summed E-state index contributed by atoms with van der Waals surface area (Å²) in [5.74, 6) is -2.15. The second-order valence-electron chi connectivity index (χ2n) is 4.24. The van der Waals surface area contributed by atoms with Crippen LogP contribution in [0.4, 0.5) is 14.5 Å². The molecule has 2 aromatic carbocycles. The number of hydrogen-bond acceptors (Lipinski definition) is 3. The summed E-state index contributed by atoms with van der Waals surface area (Å²) in [7, 11) is 0. The molecule has 0 atom stereocenters. The molecule has 2 rings (SSSR count). The highest BCUT2D eigenvalue weighted by Crippen LogP contribution is 2.19. The average molecular weight is 308 g/mol. The lowest BCUT2D eigenvalue weighted by Gasteiger charge is -2.08. The number of halogens is 2. The van der Waals surface area contributed by atoms with E-state index in [0.29, 0.717) is 12.3 Å². The molecule has 3 nitrogen and oxygen atoms in total. The van der Waals surface area contributed by atoms with Crippen LogP contribution < -0.4 is 11.1 Å². The van der Waals surface area contributed by atoms with E-state index in [1.165, 1.54) is 0 Å². The van der Waals surface area contributed by atoms with Crippen LogP contribution >= 0.6 is 11.8 Å². The molecular weight excluding hydrogens is 294 g/mol. The van der Waals surface area contributed by atoms with Crippen molar-refractivity contribution < 1.29 is 13.6 Å². The molecule has 0 aliphatic heterocycles. The van der Waals surface area contributed by atoms with Crippen LogP contribution in [0.25, 0.3) is 0 Å². The highest BCUT2D eigenvalue weighted by Gasteiger charge is 2.18. The molecule has 0 aromatic heterocycles. The van der Waals surface area contributed by atoms with Crippen molar-refractivity contribution in [1.29, 1.82) is 0 Å². The quantitative estimate of drug-likeness (QED) is 0.507. The molecule has 2 aromatic rings. The molecule has 0 spiro atoms. The third kappa shape index (κ3) is 3.95. The van der Waals surface area contributed by atoms with E-state index < -0.39 is 23.1 Å². The smallest absolute Gasteiger partial charge is 0.257 e. The topological polar surface area (TPSA) is 55.1 Å². The summed E-state index contributed by atoms with van der Waals surface area (Å²) < 4.78 is 27.1. The standard InChI is InChI=1S/C15H14F2N2OS/c16-11-6-7-12(18)14(17)13(11)15(20)19-8-9-21-10-4-2-1-3-5-10/h1-7H,8-9,18H2,(H,19,20). The second kappa shape index (κ2) is 7.08. The number of thioether (sulfide) groups is 1. The minimum atomic E-state index is -1.02. The number of nitrogens with one attached hydrogen (secondary N) is 1. The largest absolute Gasteiger partial charge is 0.396 e. The molecule has 0 radical (unpaired) electrons. The van der Waals surface area contributed by atoms with Crippen LogP contribution in [0, 0.1) is 11.6 Å². The number of hydrogen-bond donors (Lipinski definition) is 2. The number of anilines is 1. The molecule has 0 saturated carbocycles. The Kier molecular flexibility index (Phi) is 5.16. The third-order valence-corrected chi connectivity index (χ3v) is 3.76. The monoisotopic (exact) mass is 308 g/mol. The van der Waals surface area contributed by atoms with Crippen molar-refractivity contribution in [1.82, 2.24) is 5.32 Å². The van der Waals surface area contributed by atoms with E-state index in [1.54, 1.807) is 11.8 Å². The van der Waals surface area contributed by atoms with Gasteiger partial charge in [0.2, 0.25) is 0 Å². The molecule has 0 unspecified atom stereocenters. The molecular formula is C15H14F2N2OS. The summed E-state index contributed by atoms with van der Waals surface area (Å²) in [6.45, 7) is 0.298. The Bertz CT molecular complexity index is 635. The molecule has 0 aliphatic carbocycles. The molecule has 6 heteroatoms. The minimum Gasteiger partial charge on any atom is -0.396 e. The Morgan fingerprint density at radius 3 is 2.57 bits per heavy atom. The zero-order valence-corrected chi connectivity index (χ0v) is 11.9. The van der Waals surface area contributed by atoms with Gasteiger partial charge in [0.05, 0.1) is 5.69 Å². The zero-order valence-electron chi connectivity index (χ0n) is 11.1. The fourth-order valence-electron chi connectivity index (χ4n) is 1.72. The van der Waals surface area contributed by atoms with Gasteiger partial charge in [-0.1, -0.05) is 18.2 Å². The first kappa shape index (κ1) is 15.3. The normalized spacial score (nSPS) is 10.4. The lowest BCUT2D eigenvalue weighted by Crippen LogP contribution is -2.28. The van der Waals surface area contributed by atoms with E-state index in [2.05, 4.69) is 5.32 Å². The first-order chi connectivity index (χ1) is 10.1. The lowest BCUT2D eigenvalue weighted by molar-refractivity contribution is 0.0948. The van der Waals surface area contributed by atoms with Crippen molar-refractivity contribution in [2.45, 2.75) is 4.90 Å². The van der Waals surface area contributed by atoms with Crippen LogP contribution in [0.3, 0.4) is 0 Å². The highest BCUT2D eigenvalue weighted by atomic mass is 32.2. The molecule has 0 saturated heterocycles. The van der Waals surface area contributed by atoms with Crippen molar-refractivity contribution in [2.75, 3.05) is 18.0 Å². The highest BCUT2D eigenvalue weighted by molar-refractivity contribution is 7.99. The van der Waals surface area contributed by atoms with E-state index >= 15 is 0 Å². The van der Waals surface area contributed by atoms with Crippen LogP contribution in [-0.2, 0) is 0 Å². The van der Waals surface area contributed by atoms with Gasteiger partial charge in [-0.05, 0) is 24.3 Å². The van der Waals surface area contributed by atoms with E-state index in [1.807, 2.05) is 30.3 Å². The van der Waals surface area contributed by atoms with Gasteiger partial charge in [-0.3, -0.25) is 4.79 Å². The lowest BCUT2D eigenvalue weighted by atomic mass is 10.1. The Morgan fingerprint density at radius 1 is 1.14 bits per heavy atom. The van der Waals surface area contributed by atoms with Crippen molar-refractivity contribution in [3.8, 4) is 0 Å². The van der Waals surface area contributed by atoms with Crippen molar-refractivity contribution in [3.05, 3.63) is 59.7 Å². The van der Waals surface area contributed by atoms with Crippen molar-refractivity contribution in [3.63, 3.8) is 0 Å². The van der Waals surface area contributed by atoms with Gasteiger partial charge in [0.25, 0.3) is 5.91 Å². The number of amides is 1. The maximum Gasteiger partial charge on any atom is 0.257 e. The summed E-state index contributed by atoms with van der Waals surface area (Å²) in [5, 5.41) is 2.48. The number of nitrogen functional groups attached to an aromatic ring is 1. The van der Waals surface area contributed by atoms with Crippen molar-refractivity contribution >= 4 is 23.4 Å². The zero-order chi connectivity index (χ0) is 15.2. The molecule has 0 heterocycles. The minimum absolute atomic E-state index is 0.250. The van der Waals surface area contributed by atoms with Gasteiger partial charge in [0.1, 0.15) is 11.4 Å². The predicted octanol–water partition coefficient (Wildman–Crippen LogP) is 3.07. The van der Waals surface area contributed by atoms with Crippen LogP contribution in [0.2, 0.25) is 0 Å². The Hall–Kier alpha value is -2.08. The van der Waals surface area contributed by atoms with E-state index in [4.69, 9.17) is 5.73 Å². The third-order valence-electron chi connectivity index (χ3n) is 2.75. The molecule has 110 valence electrons. The fourth-order valence-corrected chi connectivity index (χ4v) is 2.50. The second-order valence-corrected chi connectivity index (χ2v) is 5.41. The van der Waals surface area contributed by atoms with Crippen molar-refractivity contribution in [2.24, 2.45) is 0 Å². The predicted molar refractivity (Wildman–Crippen MR) is 80.3 cm³/mol. The Morgan fingerprint density at radius 2 is 1.86 bits per heavy atom. The maximum atomic E-state index is 13.7. The Balaban J connectivity index is 1.89. The molecule has 0 aliphatic rings. The molecule has 0 fully saturated rings. The number of benzene rings is 2. The summed E-state index contributed by atoms with van der Waals surface area (Å²) in [4.78, 5) is 12.9. The molecule has 0 bridgehead atoms. The van der Waals surface area contributed by atoms with Gasteiger partial charge in [-0.25, -0.2) is 8.78 Å². The van der Waals surface area contributed by atoms with Gasteiger partial charge in [0.15, 0.2) is 5.82 Å². The van der Waals surface area contributed by atoms with E-state index in [0.717, 1.165) is 17.0 Å². The van der Waals surface area contributed by atoms with Crippen LogP contribution in [-0.4, -0.2) is 18.2 Å². The van der Waals surface area contributed by atoms with Crippen LogP contribution in [0.5, 0.6) is 0 Å². The average Bonchev–Trinajstić information content (AvgIpc) is 2.49. The molecule has 21 heavy (non-hydrogen) atoms. The molecule has 1 amide bonds. The van der Waals surface area contributed by atoms with Crippen LogP contribution in [0.1, 0.15) is 10.4 Å². The van der Waals surface area contributed by atoms with E-state index in [-0.39, 0.29) is 5.69 Å². The first-order valence-electron chi connectivity index (χ1n) is 6.29. The first-order valence-corrected chi connectivity index (χ1v) is 7.27. The number of rotatable bonds is 5. The summed E-state index contributed by atoms with van der Waals surface area (Å²) in [5.41, 5.74) is 4.44. The fraction of sp³-hybridized carbons (Fsp3) is 0.133. The van der Waals surface area contributed by atoms with Gasteiger partial charge < -0.3 is 11.1 Å². The maximum absolute atomic E-state index is 13.7. The Labute approximate surface area is 125 Å². The van der Waals surface area contributed by atoms with Crippen LogP contribution in [0.15, 0.2) is 47.4 Å². The van der Waals surface area contributed by atoms with Gasteiger partial charge >= 0.3 is 0 Å². The van der Waals surface area contributed by atoms with E-state index in [9.17, 15) is 13.6 Å². The summed E-state index contributed by atoms with van der Waals surface area (Å²) in [6.07, 6.45) is 0. The number of carbonyl (C=O) groups excluding carboxylic acids is 1. The SMILES string of the molecule is Nc1ccc(F)c(C(=O)NCCSc2ccccc2)c1F. The number of carbonyl (C=O) groups is 1.